The SMILES string of the molecule is CCOC(=O)/C(N)=C/C=O. The van der Waals surface area contributed by atoms with Crippen molar-refractivity contribution in [2.75, 3.05) is 6.61 Å². The summed E-state index contributed by atoms with van der Waals surface area (Å²) in [7, 11) is 0. The largest absolute Gasteiger partial charge is 0.461 e. The van der Waals surface area contributed by atoms with E-state index in [1.807, 2.05) is 0 Å². The van der Waals surface area contributed by atoms with E-state index in [-0.39, 0.29) is 12.3 Å². The molecule has 0 aliphatic carbocycles. The molecule has 56 valence electrons. The highest BCUT2D eigenvalue weighted by Crippen LogP contribution is 1.86. The molecule has 4 nitrogen and oxygen atoms in total. The fourth-order valence-electron chi connectivity index (χ4n) is 0.356. The number of allylic oxidation sites excluding steroid dienone is 1. The summed E-state index contributed by atoms with van der Waals surface area (Å²) in [6, 6.07) is 0. The molecule has 0 atom stereocenters. The highest BCUT2D eigenvalue weighted by Gasteiger charge is 2.02. The maximum Gasteiger partial charge on any atom is 0.354 e. The molecule has 0 saturated carbocycles. The third kappa shape index (κ3) is 2.86. The second-order valence-electron chi connectivity index (χ2n) is 1.48. The van der Waals surface area contributed by atoms with Crippen LogP contribution in [-0.2, 0) is 14.3 Å². The smallest absolute Gasteiger partial charge is 0.354 e. The summed E-state index contributed by atoms with van der Waals surface area (Å²) in [5.74, 6) is -0.658. The first kappa shape index (κ1) is 8.68. The molecule has 0 amide bonds. The van der Waals surface area contributed by atoms with Crippen molar-refractivity contribution in [2.24, 2.45) is 5.73 Å². The molecular formula is C6H9NO3. The Labute approximate surface area is 58.7 Å². The number of carbonyl (C=O) groups excluding carboxylic acids is 2. The van der Waals surface area contributed by atoms with Gasteiger partial charge in [-0.05, 0) is 6.92 Å². The van der Waals surface area contributed by atoms with E-state index in [1.165, 1.54) is 0 Å². The van der Waals surface area contributed by atoms with Crippen LogP contribution in [-0.4, -0.2) is 18.9 Å². The number of rotatable bonds is 3. The molecule has 0 aromatic carbocycles. The van der Waals surface area contributed by atoms with E-state index >= 15 is 0 Å². The van der Waals surface area contributed by atoms with E-state index in [2.05, 4.69) is 4.74 Å². The van der Waals surface area contributed by atoms with Gasteiger partial charge in [0.05, 0.1) is 6.61 Å². The zero-order valence-electron chi connectivity index (χ0n) is 5.66. The average molecular weight is 143 g/mol. The summed E-state index contributed by atoms with van der Waals surface area (Å²) in [4.78, 5) is 20.3. The first-order valence-electron chi connectivity index (χ1n) is 2.80. The van der Waals surface area contributed by atoms with Crippen LogP contribution in [0.2, 0.25) is 0 Å². The molecule has 0 spiro atoms. The highest BCUT2D eigenvalue weighted by atomic mass is 16.5. The Hall–Kier alpha value is -1.32. The molecular weight excluding hydrogens is 134 g/mol. The summed E-state index contributed by atoms with van der Waals surface area (Å²) < 4.78 is 4.47. The summed E-state index contributed by atoms with van der Waals surface area (Å²) in [5, 5.41) is 0. The quantitative estimate of drug-likeness (QED) is 0.331. The lowest BCUT2D eigenvalue weighted by atomic mass is 10.4. The van der Waals surface area contributed by atoms with Gasteiger partial charge in [0.2, 0.25) is 0 Å². The minimum atomic E-state index is -0.658. The van der Waals surface area contributed by atoms with Crippen LogP contribution in [0.3, 0.4) is 0 Å². The van der Waals surface area contributed by atoms with Gasteiger partial charge in [-0.2, -0.15) is 0 Å². The molecule has 0 rings (SSSR count). The summed E-state index contributed by atoms with van der Waals surface area (Å²) >= 11 is 0. The fourth-order valence-corrected chi connectivity index (χ4v) is 0.356. The Balaban J connectivity index is 3.93. The number of ether oxygens (including phenoxy) is 1. The van der Waals surface area contributed by atoms with Gasteiger partial charge in [0.25, 0.3) is 0 Å². The van der Waals surface area contributed by atoms with Gasteiger partial charge in [-0.15, -0.1) is 0 Å². The Morgan fingerprint density at radius 2 is 2.30 bits per heavy atom. The van der Waals surface area contributed by atoms with Crippen molar-refractivity contribution in [2.45, 2.75) is 6.92 Å². The van der Waals surface area contributed by atoms with Gasteiger partial charge in [0.15, 0.2) is 0 Å². The van der Waals surface area contributed by atoms with Gasteiger partial charge in [0, 0.05) is 6.08 Å². The summed E-state index contributed by atoms with van der Waals surface area (Å²) in [5.41, 5.74) is 4.90. The first-order chi connectivity index (χ1) is 4.72. The highest BCUT2D eigenvalue weighted by molar-refractivity contribution is 5.91. The summed E-state index contributed by atoms with van der Waals surface area (Å²) in [6.07, 6.45) is 1.39. The molecule has 2 N–H and O–H groups in total. The molecule has 0 aliphatic heterocycles. The third-order valence-electron chi connectivity index (χ3n) is 0.759. The van der Waals surface area contributed by atoms with Crippen LogP contribution in [0.4, 0.5) is 0 Å². The van der Waals surface area contributed by atoms with Gasteiger partial charge in [-0.1, -0.05) is 0 Å². The van der Waals surface area contributed by atoms with Crippen molar-refractivity contribution in [1.29, 1.82) is 0 Å². The molecule has 0 aliphatic rings. The van der Waals surface area contributed by atoms with Crippen LogP contribution in [0.25, 0.3) is 0 Å². The van der Waals surface area contributed by atoms with Gasteiger partial charge in [-0.25, -0.2) is 4.79 Å². The van der Waals surface area contributed by atoms with Gasteiger partial charge in [-0.3, -0.25) is 4.79 Å². The summed E-state index contributed by atoms with van der Waals surface area (Å²) in [6.45, 7) is 1.92. The minimum absolute atomic E-state index is 0.170. The number of carbonyl (C=O) groups is 2. The number of hydrogen-bond acceptors (Lipinski definition) is 4. The molecule has 10 heavy (non-hydrogen) atoms. The lowest BCUT2D eigenvalue weighted by Gasteiger charge is -1.98. The minimum Gasteiger partial charge on any atom is -0.461 e. The molecule has 0 bridgehead atoms. The predicted molar refractivity (Wildman–Crippen MR) is 35.0 cm³/mol. The van der Waals surface area contributed by atoms with E-state index in [0.717, 1.165) is 6.08 Å². The van der Waals surface area contributed by atoms with Crippen LogP contribution in [0, 0.1) is 0 Å². The molecule has 4 heteroatoms. The Morgan fingerprint density at radius 3 is 2.70 bits per heavy atom. The zero-order valence-corrected chi connectivity index (χ0v) is 5.66. The number of nitrogens with two attached hydrogens (primary N) is 1. The molecule has 0 unspecified atom stereocenters. The van der Waals surface area contributed by atoms with Crippen molar-refractivity contribution >= 4 is 12.3 Å². The lowest BCUT2D eigenvalue weighted by Crippen LogP contribution is -2.14. The van der Waals surface area contributed by atoms with Crippen molar-refractivity contribution < 1.29 is 14.3 Å². The standard InChI is InChI=1S/C6H9NO3/c1-2-10-6(9)5(7)3-4-8/h3-4H,2,7H2,1H3/b5-3-. The number of hydrogen-bond donors (Lipinski definition) is 1. The van der Waals surface area contributed by atoms with E-state index in [9.17, 15) is 9.59 Å². The fraction of sp³-hybridized carbons (Fsp3) is 0.333. The predicted octanol–water partition coefficient (Wildman–Crippen LogP) is -0.409. The Kier molecular flexibility index (Phi) is 3.95. The van der Waals surface area contributed by atoms with Crippen molar-refractivity contribution in [3.8, 4) is 0 Å². The van der Waals surface area contributed by atoms with Crippen LogP contribution in [0.15, 0.2) is 11.8 Å². The van der Waals surface area contributed by atoms with Crippen molar-refractivity contribution in [3.63, 3.8) is 0 Å². The van der Waals surface area contributed by atoms with E-state index in [1.54, 1.807) is 6.92 Å². The van der Waals surface area contributed by atoms with Gasteiger partial charge >= 0.3 is 5.97 Å². The molecule has 0 heterocycles. The molecule has 0 fully saturated rings. The second kappa shape index (κ2) is 4.55. The van der Waals surface area contributed by atoms with E-state index in [0.29, 0.717) is 6.29 Å². The van der Waals surface area contributed by atoms with Crippen LogP contribution in [0.1, 0.15) is 6.92 Å². The van der Waals surface area contributed by atoms with Gasteiger partial charge < -0.3 is 10.5 Å². The average Bonchev–Trinajstić information content (AvgIpc) is 1.89. The van der Waals surface area contributed by atoms with Crippen LogP contribution >= 0.6 is 0 Å². The Morgan fingerprint density at radius 1 is 1.70 bits per heavy atom. The van der Waals surface area contributed by atoms with Gasteiger partial charge in [0.1, 0.15) is 12.0 Å². The second-order valence-corrected chi connectivity index (χ2v) is 1.48. The zero-order chi connectivity index (χ0) is 7.98. The van der Waals surface area contributed by atoms with Crippen LogP contribution < -0.4 is 5.73 Å². The number of aldehydes is 1. The Bertz CT molecular complexity index is 162. The maximum absolute atomic E-state index is 10.6. The first-order valence-corrected chi connectivity index (χ1v) is 2.80. The third-order valence-corrected chi connectivity index (χ3v) is 0.759. The topological polar surface area (TPSA) is 69.4 Å². The van der Waals surface area contributed by atoms with Crippen molar-refractivity contribution in [1.82, 2.24) is 0 Å². The molecule has 0 aromatic rings. The molecule has 0 radical (unpaired) electrons. The maximum atomic E-state index is 10.6. The van der Waals surface area contributed by atoms with Crippen molar-refractivity contribution in [3.05, 3.63) is 11.8 Å². The molecule has 0 aromatic heterocycles. The van der Waals surface area contributed by atoms with E-state index < -0.39 is 5.97 Å². The van der Waals surface area contributed by atoms with Crippen LogP contribution in [0.5, 0.6) is 0 Å². The normalized spacial score (nSPS) is 10.7. The monoisotopic (exact) mass is 143 g/mol. The lowest BCUT2D eigenvalue weighted by molar-refractivity contribution is -0.138. The number of esters is 1. The molecule has 0 saturated heterocycles. The van der Waals surface area contributed by atoms with E-state index in [4.69, 9.17) is 5.73 Å².